The number of para-hydroxylation sites is 1. The lowest BCUT2D eigenvalue weighted by atomic mass is 9.87. The van der Waals surface area contributed by atoms with Gasteiger partial charge >= 0.3 is 0 Å². The summed E-state index contributed by atoms with van der Waals surface area (Å²) in [5.41, 5.74) is 2.97. The fourth-order valence-electron chi connectivity index (χ4n) is 3.76. The highest BCUT2D eigenvalue weighted by molar-refractivity contribution is 6.00. The molecule has 0 bridgehead atoms. The quantitative estimate of drug-likeness (QED) is 0.620. The third kappa shape index (κ3) is 5.04. The van der Waals surface area contributed by atoms with Crippen molar-refractivity contribution in [2.24, 2.45) is 5.92 Å². The Kier molecular flexibility index (Phi) is 6.59. The summed E-state index contributed by atoms with van der Waals surface area (Å²) in [5, 5.41) is 4.07. The van der Waals surface area contributed by atoms with E-state index >= 15 is 0 Å². The van der Waals surface area contributed by atoms with Gasteiger partial charge in [0.2, 0.25) is 5.91 Å². The van der Waals surface area contributed by atoms with Gasteiger partial charge in [0.15, 0.2) is 0 Å². The molecule has 3 heteroatoms. The maximum atomic E-state index is 12.5. The zero-order valence-corrected chi connectivity index (χ0v) is 15.4. The van der Waals surface area contributed by atoms with Gasteiger partial charge in [0.05, 0.1) is 11.2 Å². The van der Waals surface area contributed by atoms with Crippen LogP contribution in [0.15, 0.2) is 60.8 Å². The standard InChI is InChI=1S/C23H28N2O/c1-2-8-18(17-19-9-4-3-5-10-19)14-15-22(26)25-21-13-6-11-20-12-7-16-24-23(20)21/h2,6-7,11-13,16-17,19H,1,3-5,8-10,14-15H2,(H,25,26)/b18-17-. The summed E-state index contributed by atoms with van der Waals surface area (Å²) >= 11 is 0. The van der Waals surface area contributed by atoms with Crippen LogP contribution in [0.2, 0.25) is 0 Å². The van der Waals surface area contributed by atoms with E-state index in [1.807, 2.05) is 36.4 Å². The van der Waals surface area contributed by atoms with Crippen LogP contribution in [0.3, 0.4) is 0 Å². The molecule has 2 aromatic rings. The molecule has 1 aromatic carbocycles. The normalized spacial score (nSPS) is 15.8. The lowest BCUT2D eigenvalue weighted by Crippen LogP contribution is -2.12. The molecule has 1 aromatic heterocycles. The average molecular weight is 348 g/mol. The number of carbonyl (C=O) groups is 1. The van der Waals surface area contributed by atoms with Crippen molar-refractivity contribution in [3.63, 3.8) is 0 Å². The molecule has 0 atom stereocenters. The molecular formula is C23H28N2O. The number of hydrogen-bond acceptors (Lipinski definition) is 2. The molecule has 136 valence electrons. The largest absolute Gasteiger partial charge is 0.324 e. The first-order chi connectivity index (χ1) is 12.8. The van der Waals surface area contributed by atoms with Crippen LogP contribution >= 0.6 is 0 Å². The number of benzene rings is 1. The number of nitrogens with one attached hydrogen (secondary N) is 1. The van der Waals surface area contributed by atoms with Crippen molar-refractivity contribution in [2.75, 3.05) is 5.32 Å². The maximum absolute atomic E-state index is 12.5. The maximum Gasteiger partial charge on any atom is 0.224 e. The predicted molar refractivity (Wildman–Crippen MR) is 109 cm³/mol. The Balaban J connectivity index is 1.61. The molecule has 3 rings (SSSR count). The van der Waals surface area contributed by atoms with Crippen LogP contribution in [0, 0.1) is 5.92 Å². The molecule has 3 nitrogen and oxygen atoms in total. The highest BCUT2D eigenvalue weighted by Crippen LogP contribution is 2.27. The van der Waals surface area contributed by atoms with Gasteiger partial charge in [-0.1, -0.05) is 55.2 Å². The van der Waals surface area contributed by atoms with E-state index in [0.29, 0.717) is 12.3 Å². The minimum absolute atomic E-state index is 0.0433. The molecule has 26 heavy (non-hydrogen) atoms. The average Bonchev–Trinajstić information content (AvgIpc) is 2.67. The molecule has 1 saturated carbocycles. The van der Waals surface area contributed by atoms with Crippen molar-refractivity contribution in [1.29, 1.82) is 0 Å². The second-order valence-corrected chi connectivity index (χ2v) is 7.14. The first-order valence-corrected chi connectivity index (χ1v) is 9.70. The number of amides is 1. The smallest absolute Gasteiger partial charge is 0.224 e. The van der Waals surface area contributed by atoms with Gasteiger partial charge in [0.25, 0.3) is 0 Å². The lowest BCUT2D eigenvalue weighted by Gasteiger charge is -2.19. The summed E-state index contributed by atoms with van der Waals surface area (Å²) in [6, 6.07) is 9.78. The number of carbonyl (C=O) groups excluding carboxylic acids is 1. The third-order valence-electron chi connectivity index (χ3n) is 5.11. The second-order valence-electron chi connectivity index (χ2n) is 7.14. The topological polar surface area (TPSA) is 42.0 Å². The number of pyridine rings is 1. The monoisotopic (exact) mass is 348 g/mol. The minimum Gasteiger partial charge on any atom is -0.324 e. The number of allylic oxidation sites excluding steroid dienone is 3. The molecule has 0 radical (unpaired) electrons. The van der Waals surface area contributed by atoms with Crippen LogP contribution in [0.1, 0.15) is 51.4 Å². The van der Waals surface area contributed by atoms with Crippen molar-refractivity contribution in [2.45, 2.75) is 51.4 Å². The number of aromatic nitrogens is 1. The molecule has 1 amide bonds. The molecule has 1 fully saturated rings. The molecule has 0 aliphatic heterocycles. The highest BCUT2D eigenvalue weighted by Gasteiger charge is 2.13. The Morgan fingerprint density at radius 1 is 1.15 bits per heavy atom. The van der Waals surface area contributed by atoms with Gasteiger partial charge in [-0.15, -0.1) is 6.58 Å². The lowest BCUT2D eigenvalue weighted by molar-refractivity contribution is -0.116. The van der Waals surface area contributed by atoms with Gasteiger partial charge in [0, 0.05) is 18.0 Å². The molecule has 1 heterocycles. The number of anilines is 1. The first-order valence-electron chi connectivity index (χ1n) is 9.70. The molecule has 0 saturated heterocycles. The third-order valence-corrected chi connectivity index (χ3v) is 5.11. The van der Waals surface area contributed by atoms with Crippen molar-refractivity contribution in [1.82, 2.24) is 4.98 Å². The SMILES string of the molecule is C=CC/C(=C/C1CCCCC1)CCC(=O)Nc1cccc2cccnc12. The second kappa shape index (κ2) is 9.33. The van der Waals surface area contributed by atoms with Crippen LogP contribution in [0.5, 0.6) is 0 Å². The van der Waals surface area contributed by atoms with Gasteiger partial charge in [-0.25, -0.2) is 0 Å². The summed E-state index contributed by atoms with van der Waals surface area (Å²) in [6.07, 6.45) is 14.9. The van der Waals surface area contributed by atoms with E-state index in [0.717, 1.165) is 29.4 Å². The van der Waals surface area contributed by atoms with Crippen LogP contribution in [-0.2, 0) is 4.79 Å². The number of nitrogens with zero attached hydrogens (tertiary/aromatic N) is 1. The van der Waals surface area contributed by atoms with E-state index < -0.39 is 0 Å². The van der Waals surface area contributed by atoms with Crippen LogP contribution in [0.4, 0.5) is 5.69 Å². The molecule has 1 aliphatic rings. The fraction of sp³-hybridized carbons (Fsp3) is 0.391. The molecule has 1 N–H and O–H groups in total. The first kappa shape index (κ1) is 18.4. The number of fused-ring (bicyclic) bond motifs is 1. The number of rotatable bonds is 7. The molecule has 1 aliphatic carbocycles. The molecule has 0 unspecified atom stereocenters. The van der Waals surface area contributed by atoms with E-state index in [1.54, 1.807) is 6.20 Å². The Morgan fingerprint density at radius 2 is 1.96 bits per heavy atom. The predicted octanol–water partition coefficient (Wildman–Crippen LogP) is 6.04. The summed E-state index contributed by atoms with van der Waals surface area (Å²) in [6.45, 7) is 3.87. The van der Waals surface area contributed by atoms with Gasteiger partial charge < -0.3 is 5.32 Å². The van der Waals surface area contributed by atoms with E-state index in [2.05, 4.69) is 23.0 Å². The summed E-state index contributed by atoms with van der Waals surface area (Å²) in [4.78, 5) is 16.9. The Bertz CT molecular complexity index is 782. The molecule has 0 spiro atoms. The van der Waals surface area contributed by atoms with Crippen molar-refractivity contribution < 1.29 is 4.79 Å². The summed E-state index contributed by atoms with van der Waals surface area (Å²) in [7, 11) is 0. The van der Waals surface area contributed by atoms with E-state index in [1.165, 1.54) is 37.7 Å². The highest BCUT2D eigenvalue weighted by atomic mass is 16.1. The van der Waals surface area contributed by atoms with Gasteiger partial charge in [-0.2, -0.15) is 0 Å². The zero-order valence-electron chi connectivity index (χ0n) is 15.4. The number of hydrogen-bond donors (Lipinski definition) is 1. The summed E-state index contributed by atoms with van der Waals surface area (Å²) in [5.74, 6) is 0.728. The van der Waals surface area contributed by atoms with Gasteiger partial charge in [-0.05, 0) is 43.7 Å². The van der Waals surface area contributed by atoms with Crippen molar-refractivity contribution >= 4 is 22.5 Å². The van der Waals surface area contributed by atoms with Crippen molar-refractivity contribution in [3.05, 3.63) is 60.8 Å². The van der Waals surface area contributed by atoms with E-state index in [-0.39, 0.29) is 5.91 Å². The Labute approximate surface area is 156 Å². The van der Waals surface area contributed by atoms with Crippen molar-refractivity contribution in [3.8, 4) is 0 Å². The van der Waals surface area contributed by atoms with Crippen LogP contribution in [0.25, 0.3) is 10.9 Å². The van der Waals surface area contributed by atoms with E-state index in [9.17, 15) is 4.79 Å². The Morgan fingerprint density at radius 3 is 2.77 bits per heavy atom. The van der Waals surface area contributed by atoms with Crippen LogP contribution in [-0.4, -0.2) is 10.9 Å². The summed E-state index contributed by atoms with van der Waals surface area (Å²) < 4.78 is 0. The van der Waals surface area contributed by atoms with Crippen LogP contribution < -0.4 is 5.32 Å². The van der Waals surface area contributed by atoms with E-state index in [4.69, 9.17) is 0 Å². The van der Waals surface area contributed by atoms with Gasteiger partial charge in [-0.3, -0.25) is 9.78 Å². The zero-order chi connectivity index (χ0) is 18.2. The Hall–Kier alpha value is -2.42. The molecular weight excluding hydrogens is 320 g/mol. The minimum atomic E-state index is 0.0433. The van der Waals surface area contributed by atoms with Gasteiger partial charge in [0.1, 0.15) is 0 Å². The fourth-order valence-corrected chi connectivity index (χ4v) is 3.76.